The molecule has 0 aromatic heterocycles. The van der Waals surface area contributed by atoms with Gasteiger partial charge in [0.15, 0.2) is 24.8 Å². The van der Waals surface area contributed by atoms with Crippen molar-refractivity contribution >= 4 is 31.7 Å². The molecule has 0 spiro atoms. The van der Waals surface area contributed by atoms with Crippen LogP contribution in [0.3, 0.4) is 0 Å². The van der Waals surface area contributed by atoms with Gasteiger partial charge < -0.3 is 88.7 Å². The topological polar surface area (TPSA) is 380 Å². The number of ether oxygens (including phenoxy) is 8. The third kappa shape index (κ3) is 49.2. The van der Waals surface area contributed by atoms with Crippen LogP contribution >= 0.6 is 7.82 Å². The molecule has 10 N–H and O–H groups in total. The highest BCUT2D eigenvalue weighted by Crippen LogP contribution is 2.49. The Kier molecular flexibility index (Phi) is 63.6. The zero-order valence-electron chi connectivity index (χ0n) is 71.9. The van der Waals surface area contributed by atoms with Crippen LogP contribution in [0.1, 0.15) is 400 Å². The maximum absolute atomic E-state index is 14.9. The molecule has 2 saturated heterocycles. The normalized spacial score (nSPS) is 25.3. The van der Waals surface area contributed by atoms with Crippen LogP contribution in [0.4, 0.5) is 0 Å². The van der Waals surface area contributed by atoms with Gasteiger partial charge in [0.2, 0.25) is 0 Å². The lowest BCUT2D eigenvalue weighted by molar-refractivity contribution is -0.360. The SMILES string of the molecule is CCCCCC/C=C\CCCCCCCCCC(=O)OCC1OC(OC2C(OC(=O)CCCCCCCCCCCCCCCCC)C(O)C(O)C(OC3OC(CO)C(O)C(O)C3O)C2OP(=O)(O)OCC(COC(=O)CCCCCCCCCCCCCCC)OC(=O)CCCCCCCCCCCCCCC)C(O)C(O)C1O. The Morgan fingerprint density at radius 1 is 0.339 bits per heavy atom. The molecule has 1 saturated carbocycles. The molecule has 0 radical (unpaired) electrons. The van der Waals surface area contributed by atoms with Gasteiger partial charge in [-0.2, -0.15) is 0 Å². The Morgan fingerprint density at radius 3 is 1.04 bits per heavy atom. The lowest BCUT2D eigenvalue weighted by atomic mass is 9.84. The van der Waals surface area contributed by atoms with Crippen molar-refractivity contribution in [1.29, 1.82) is 0 Å². The van der Waals surface area contributed by atoms with Gasteiger partial charge in [-0.3, -0.25) is 28.2 Å². The van der Waals surface area contributed by atoms with Crippen LogP contribution in [-0.4, -0.2) is 205 Å². The van der Waals surface area contributed by atoms with E-state index in [0.717, 1.165) is 148 Å². The molecule has 3 aliphatic rings. The summed E-state index contributed by atoms with van der Waals surface area (Å²) in [5.41, 5.74) is 0. The third-order valence-electron chi connectivity index (χ3n) is 22.8. The Morgan fingerprint density at radius 2 is 0.652 bits per heavy atom. The van der Waals surface area contributed by atoms with Gasteiger partial charge in [-0.15, -0.1) is 0 Å². The molecule has 2 heterocycles. The smallest absolute Gasteiger partial charge is 0.463 e. The van der Waals surface area contributed by atoms with E-state index in [1.165, 1.54) is 167 Å². The predicted molar refractivity (Wildman–Crippen MR) is 444 cm³/mol. The first-order chi connectivity index (χ1) is 55.7. The van der Waals surface area contributed by atoms with E-state index in [4.69, 9.17) is 46.9 Å². The lowest BCUT2D eigenvalue weighted by Crippen LogP contribution is -2.70. The quantitative estimate of drug-likeness (QED) is 0.00889. The van der Waals surface area contributed by atoms with Crippen LogP contribution in [0.2, 0.25) is 0 Å². The summed E-state index contributed by atoms with van der Waals surface area (Å²) in [4.78, 5) is 66.4. The van der Waals surface area contributed by atoms with Gasteiger partial charge in [0.25, 0.3) is 0 Å². The van der Waals surface area contributed by atoms with E-state index < -0.39 is 162 Å². The monoisotopic (exact) mass is 1670 g/mol. The van der Waals surface area contributed by atoms with Crippen molar-refractivity contribution in [1.82, 2.24) is 0 Å². The van der Waals surface area contributed by atoms with Crippen molar-refractivity contribution in [3.63, 3.8) is 0 Å². The van der Waals surface area contributed by atoms with Crippen LogP contribution in [0.15, 0.2) is 12.2 Å². The molecule has 18 atom stereocenters. The van der Waals surface area contributed by atoms with E-state index in [0.29, 0.717) is 32.1 Å². The number of rotatable bonds is 75. The van der Waals surface area contributed by atoms with Crippen LogP contribution in [-0.2, 0) is 70.7 Å². The van der Waals surface area contributed by atoms with Gasteiger partial charge in [0.1, 0.15) is 92.6 Å². The van der Waals surface area contributed by atoms with Crippen LogP contribution in [0, 0.1) is 0 Å². The van der Waals surface area contributed by atoms with Crippen molar-refractivity contribution < 1.29 is 122 Å². The van der Waals surface area contributed by atoms with Crippen molar-refractivity contribution in [3.05, 3.63) is 12.2 Å². The zero-order valence-corrected chi connectivity index (χ0v) is 72.7. The predicted octanol–water partition coefficient (Wildman–Crippen LogP) is 16.8. The number of hydrogen-bond acceptors (Lipinski definition) is 24. The minimum Gasteiger partial charge on any atom is -0.463 e. The number of allylic oxidation sites excluding steroid dienone is 2. The fourth-order valence-electron chi connectivity index (χ4n) is 15.4. The summed E-state index contributed by atoms with van der Waals surface area (Å²) in [5, 5.41) is 102. The molecule has 3 rings (SSSR count). The minimum atomic E-state index is -5.80. The Balaban J connectivity index is 1.92. The Labute approximate surface area is 692 Å². The fourth-order valence-corrected chi connectivity index (χ4v) is 16.3. The van der Waals surface area contributed by atoms with Crippen molar-refractivity contribution in [3.8, 4) is 0 Å². The van der Waals surface area contributed by atoms with Gasteiger partial charge in [0.05, 0.1) is 13.2 Å². The lowest BCUT2D eigenvalue weighted by Gasteiger charge is -2.50. The van der Waals surface area contributed by atoms with E-state index in [2.05, 4.69) is 39.8 Å². The summed E-state index contributed by atoms with van der Waals surface area (Å²) in [7, 11) is -5.80. The van der Waals surface area contributed by atoms with E-state index in [-0.39, 0.29) is 25.7 Å². The molecule has 115 heavy (non-hydrogen) atoms. The summed E-state index contributed by atoms with van der Waals surface area (Å²) in [6.45, 7) is 5.59. The Hall–Kier alpha value is -2.79. The van der Waals surface area contributed by atoms with Crippen LogP contribution in [0.25, 0.3) is 0 Å². The molecule has 676 valence electrons. The zero-order chi connectivity index (χ0) is 84.0. The number of esters is 4. The number of carbonyl (C=O) groups is 4. The summed E-state index contributed by atoms with van der Waals surface area (Å²) < 4.78 is 73.4. The summed E-state index contributed by atoms with van der Waals surface area (Å²) in [6.07, 6.45) is 26.3. The number of carbonyl (C=O) groups excluding carboxylic acids is 4. The molecule has 0 bridgehead atoms. The first-order valence-electron chi connectivity index (χ1n) is 46.4. The second-order valence-electron chi connectivity index (χ2n) is 33.2. The molecular formula is C89H165O25P. The standard InChI is InChI=1S/C89H165O25P/c1-5-9-13-17-21-25-29-33-35-39-42-46-50-54-58-62-73(92)106-68-71-77(96)79(98)83(102)89(110-71)113-86-84(111-75(94)64-60-56-52-48-44-40-36-34-30-26-22-18-14-10-6-2)80(99)81(100)85(112-88-82(101)78(97)76(95)70(65-90)109-88)87(86)114-115(103,104)107-67-69(108-74(93)63-59-55-51-47-43-38-32-28-24-20-16-12-8-4)66-105-72(91)61-57-53-49-45-41-37-31-27-23-19-15-11-7-3/h25,29,69-71,76-90,95-102H,5-24,26-28,30-68H2,1-4H3,(H,103,104)/b29-25-. The highest BCUT2D eigenvalue weighted by Gasteiger charge is 2.60. The van der Waals surface area contributed by atoms with Crippen molar-refractivity contribution in [2.75, 3.05) is 26.4 Å². The number of phosphoric ester groups is 1. The molecule has 25 nitrogen and oxygen atoms in total. The molecule has 0 aromatic carbocycles. The minimum absolute atomic E-state index is 0.0111. The maximum Gasteiger partial charge on any atom is 0.472 e. The second-order valence-corrected chi connectivity index (χ2v) is 34.6. The van der Waals surface area contributed by atoms with E-state index in [9.17, 15) is 74.6 Å². The first-order valence-corrected chi connectivity index (χ1v) is 47.9. The van der Waals surface area contributed by atoms with E-state index in [1.807, 2.05) is 0 Å². The molecule has 0 amide bonds. The molecule has 1 aliphatic carbocycles. The van der Waals surface area contributed by atoms with Gasteiger partial charge in [-0.05, 0) is 51.4 Å². The average Bonchev–Trinajstić information content (AvgIpc) is 0.756. The number of hydrogen-bond donors (Lipinski definition) is 10. The molecule has 26 heteroatoms. The van der Waals surface area contributed by atoms with E-state index >= 15 is 0 Å². The molecule has 2 aliphatic heterocycles. The summed E-state index contributed by atoms with van der Waals surface area (Å²) >= 11 is 0. The largest absolute Gasteiger partial charge is 0.472 e. The number of aliphatic hydroxyl groups excluding tert-OH is 9. The van der Waals surface area contributed by atoms with Gasteiger partial charge in [-0.25, -0.2) is 4.57 Å². The van der Waals surface area contributed by atoms with Crippen molar-refractivity contribution in [2.45, 2.75) is 504 Å². The highest BCUT2D eigenvalue weighted by molar-refractivity contribution is 7.47. The third-order valence-corrected chi connectivity index (χ3v) is 23.8. The number of aliphatic hydroxyl groups is 9. The number of unbranched alkanes of at least 4 members (excludes halogenated alkanes) is 49. The van der Waals surface area contributed by atoms with E-state index in [1.54, 1.807) is 0 Å². The van der Waals surface area contributed by atoms with Gasteiger partial charge in [-0.1, -0.05) is 335 Å². The van der Waals surface area contributed by atoms with Gasteiger partial charge >= 0.3 is 31.7 Å². The first kappa shape index (κ1) is 106. The fraction of sp³-hybridized carbons (Fsp3) is 0.933. The molecule has 0 aromatic rings. The molecule has 18 unspecified atom stereocenters. The van der Waals surface area contributed by atoms with Crippen LogP contribution in [0.5, 0.6) is 0 Å². The summed E-state index contributed by atoms with van der Waals surface area (Å²) in [5.74, 6) is -2.95. The number of phosphoric acid groups is 1. The highest BCUT2D eigenvalue weighted by atomic mass is 31.2. The molecule has 3 fully saturated rings. The van der Waals surface area contributed by atoms with Crippen LogP contribution < -0.4 is 0 Å². The summed E-state index contributed by atoms with van der Waals surface area (Å²) in [6, 6.07) is 0. The maximum atomic E-state index is 14.9. The molecular weight excluding hydrogens is 1500 g/mol. The van der Waals surface area contributed by atoms with Crippen molar-refractivity contribution in [2.24, 2.45) is 0 Å². The Bertz CT molecular complexity index is 2440. The van der Waals surface area contributed by atoms with Gasteiger partial charge in [0, 0.05) is 25.7 Å². The average molecular weight is 1670 g/mol. The second kappa shape index (κ2) is 68.7.